The van der Waals surface area contributed by atoms with Crippen molar-refractivity contribution in [1.82, 2.24) is 15.0 Å². The number of benzene rings is 2. The summed E-state index contributed by atoms with van der Waals surface area (Å²) >= 11 is 0. The van der Waals surface area contributed by atoms with E-state index in [0.717, 1.165) is 24.9 Å². The monoisotopic (exact) mass is 449 g/mol. The molecule has 7 heteroatoms. The summed E-state index contributed by atoms with van der Waals surface area (Å²) in [5, 5.41) is 4.17. The Hall–Kier alpha value is -3.35. The summed E-state index contributed by atoms with van der Waals surface area (Å²) in [6.07, 6.45) is 1.80. The Morgan fingerprint density at radius 3 is 2.45 bits per heavy atom. The molecule has 1 aliphatic rings. The largest absolute Gasteiger partial charge is 0.493 e. The van der Waals surface area contributed by atoms with Gasteiger partial charge in [-0.3, -0.25) is 4.79 Å². The maximum absolute atomic E-state index is 13.1. The van der Waals surface area contributed by atoms with Crippen molar-refractivity contribution >= 4 is 5.91 Å². The van der Waals surface area contributed by atoms with Crippen molar-refractivity contribution in [3.8, 4) is 22.9 Å². The predicted molar refractivity (Wildman–Crippen MR) is 126 cm³/mol. The lowest BCUT2D eigenvalue weighted by atomic mass is 9.86. The molecule has 1 unspecified atom stereocenters. The molecular weight excluding hydrogens is 418 g/mol. The molecule has 4 rings (SSSR count). The number of likely N-dealkylation sites (tertiary alicyclic amines) is 1. The molecule has 0 saturated carbocycles. The van der Waals surface area contributed by atoms with Gasteiger partial charge in [0.1, 0.15) is 0 Å². The molecule has 7 nitrogen and oxygen atoms in total. The van der Waals surface area contributed by atoms with E-state index in [4.69, 9.17) is 14.0 Å². The molecule has 1 aliphatic heterocycles. The smallest absolute Gasteiger partial charge is 0.253 e. The normalized spacial score (nSPS) is 16.5. The molecule has 1 fully saturated rings. The number of nitrogens with zero attached hydrogens (tertiary/aromatic N) is 3. The second kappa shape index (κ2) is 9.25. The highest BCUT2D eigenvalue weighted by Gasteiger charge is 2.29. The van der Waals surface area contributed by atoms with Crippen LogP contribution in [-0.2, 0) is 5.41 Å². The van der Waals surface area contributed by atoms with Crippen LogP contribution in [0.1, 0.15) is 61.3 Å². The van der Waals surface area contributed by atoms with Gasteiger partial charge in [0, 0.05) is 24.2 Å². The van der Waals surface area contributed by atoms with Crippen molar-refractivity contribution in [3.63, 3.8) is 0 Å². The van der Waals surface area contributed by atoms with Crippen LogP contribution in [0.15, 0.2) is 47.0 Å². The third kappa shape index (κ3) is 4.87. The Morgan fingerprint density at radius 2 is 1.79 bits per heavy atom. The van der Waals surface area contributed by atoms with Crippen LogP contribution in [0.3, 0.4) is 0 Å². The average molecular weight is 450 g/mol. The van der Waals surface area contributed by atoms with E-state index in [9.17, 15) is 4.79 Å². The highest BCUT2D eigenvalue weighted by Crippen LogP contribution is 2.33. The number of carbonyl (C=O) groups is 1. The van der Waals surface area contributed by atoms with Gasteiger partial charge in [0.05, 0.1) is 20.1 Å². The molecule has 0 aliphatic carbocycles. The van der Waals surface area contributed by atoms with E-state index < -0.39 is 0 Å². The highest BCUT2D eigenvalue weighted by molar-refractivity contribution is 5.94. The Balaban J connectivity index is 1.48. The third-order valence-corrected chi connectivity index (χ3v) is 6.14. The second-order valence-corrected chi connectivity index (χ2v) is 9.44. The lowest BCUT2D eigenvalue weighted by Crippen LogP contribution is -2.39. The molecule has 1 amide bonds. The topological polar surface area (TPSA) is 77.7 Å². The number of hydrogen-bond donors (Lipinski definition) is 0. The molecular formula is C26H31N3O4. The minimum absolute atomic E-state index is 0.0120. The van der Waals surface area contributed by atoms with Crippen molar-refractivity contribution in [3.05, 3.63) is 59.5 Å². The lowest BCUT2D eigenvalue weighted by Gasteiger charge is -2.31. The van der Waals surface area contributed by atoms with E-state index in [1.807, 2.05) is 47.4 Å². The third-order valence-electron chi connectivity index (χ3n) is 6.14. The number of piperidine rings is 1. The molecule has 0 spiro atoms. The minimum Gasteiger partial charge on any atom is -0.493 e. The number of ether oxygens (including phenoxy) is 2. The second-order valence-electron chi connectivity index (χ2n) is 9.44. The predicted octanol–water partition coefficient (Wildman–Crippen LogP) is 5.07. The Kier molecular flexibility index (Phi) is 6.40. The number of aromatic nitrogens is 2. The molecule has 1 aromatic heterocycles. The first-order chi connectivity index (χ1) is 15.8. The van der Waals surface area contributed by atoms with Crippen molar-refractivity contribution in [1.29, 1.82) is 0 Å². The molecule has 2 aromatic carbocycles. The molecule has 0 bridgehead atoms. The van der Waals surface area contributed by atoms with Gasteiger partial charge in [-0.15, -0.1) is 0 Å². The maximum atomic E-state index is 13.1. The summed E-state index contributed by atoms with van der Waals surface area (Å²) in [4.78, 5) is 19.6. The van der Waals surface area contributed by atoms with Gasteiger partial charge in [0.25, 0.3) is 5.91 Å². The summed E-state index contributed by atoms with van der Waals surface area (Å²) in [6, 6.07) is 13.4. The first-order valence-electron chi connectivity index (χ1n) is 11.3. The number of carbonyl (C=O) groups excluding carboxylic acids is 1. The molecule has 1 saturated heterocycles. The van der Waals surface area contributed by atoms with Crippen LogP contribution in [0.2, 0.25) is 0 Å². The van der Waals surface area contributed by atoms with Crippen molar-refractivity contribution in [2.45, 2.75) is 44.9 Å². The standard InChI is InChI=1S/C26H31N3O4/c1-26(2,3)20-11-8-17(9-12-20)25(30)29-14-6-7-19(16-29)24-27-23(28-33-24)18-10-13-21(31-4)22(15-18)32-5/h8-13,15,19H,6-7,14,16H2,1-5H3. The summed E-state index contributed by atoms with van der Waals surface area (Å²) in [6.45, 7) is 7.79. The van der Waals surface area contributed by atoms with Gasteiger partial charge < -0.3 is 18.9 Å². The van der Waals surface area contributed by atoms with Crippen molar-refractivity contribution in [2.75, 3.05) is 27.3 Å². The van der Waals surface area contributed by atoms with E-state index >= 15 is 0 Å². The molecule has 174 valence electrons. The minimum atomic E-state index is 0.0120. The van der Waals surface area contributed by atoms with Crippen LogP contribution in [0.25, 0.3) is 11.4 Å². The first kappa shape index (κ1) is 22.8. The van der Waals surface area contributed by atoms with Gasteiger partial charge >= 0.3 is 0 Å². The summed E-state index contributed by atoms with van der Waals surface area (Å²) in [5.41, 5.74) is 2.76. The first-order valence-corrected chi connectivity index (χ1v) is 11.3. The lowest BCUT2D eigenvalue weighted by molar-refractivity contribution is 0.0695. The van der Waals surface area contributed by atoms with Crippen LogP contribution >= 0.6 is 0 Å². The van der Waals surface area contributed by atoms with Crippen molar-refractivity contribution in [2.24, 2.45) is 0 Å². The number of methoxy groups -OCH3 is 2. The molecule has 2 heterocycles. The van der Waals surface area contributed by atoms with E-state index in [1.54, 1.807) is 14.2 Å². The molecule has 3 aromatic rings. The molecule has 0 N–H and O–H groups in total. The van der Waals surface area contributed by atoms with Gasteiger partial charge in [-0.25, -0.2) is 0 Å². The number of hydrogen-bond acceptors (Lipinski definition) is 6. The van der Waals surface area contributed by atoms with Gasteiger partial charge in [-0.05, 0) is 54.2 Å². The summed E-state index contributed by atoms with van der Waals surface area (Å²) in [7, 11) is 3.19. The number of amides is 1. The van der Waals surface area contributed by atoms with E-state index in [2.05, 4.69) is 30.9 Å². The van der Waals surface area contributed by atoms with Crippen LogP contribution in [0, 0.1) is 0 Å². The average Bonchev–Trinajstić information content (AvgIpc) is 3.33. The van der Waals surface area contributed by atoms with E-state index in [-0.39, 0.29) is 17.2 Å². The fourth-order valence-electron chi connectivity index (χ4n) is 4.15. The fraction of sp³-hybridized carbons (Fsp3) is 0.423. The molecule has 1 atom stereocenters. The number of rotatable bonds is 5. The molecule has 33 heavy (non-hydrogen) atoms. The van der Waals surface area contributed by atoms with E-state index in [0.29, 0.717) is 35.3 Å². The zero-order chi connectivity index (χ0) is 23.6. The SMILES string of the molecule is COc1ccc(-c2noc(C3CCCN(C(=O)c4ccc(C(C)(C)C)cc4)C3)n2)cc1OC. The maximum Gasteiger partial charge on any atom is 0.253 e. The summed E-state index contributed by atoms with van der Waals surface area (Å²) < 4.78 is 16.3. The van der Waals surface area contributed by atoms with Gasteiger partial charge in [-0.2, -0.15) is 4.98 Å². The zero-order valence-electron chi connectivity index (χ0n) is 19.9. The summed E-state index contributed by atoms with van der Waals surface area (Å²) in [5.74, 6) is 2.35. The van der Waals surface area contributed by atoms with E-state index in [1.165, 1.54) is 5.56 Å². The van der Waals surface area contributed by atoms with Crippen LogP contribution in [0.5, 0.6) is 11.5 Å². The van der Waals surface area contributed by atoms with Crippen molar-refractivity contribution < 1.29 is 18.8 Å². The van der Waals surface area contributed by atoms with Crippen LogP contribution in [0.4, 0.5) is 0 Å². The van der Waals surface area contributed by atoms with Crippen LogP contribution < -0.4 is 9.47 Å². The van der Waals surface area contributed by atoms with Gasteiger partial charge in [0.2, 0.25) is 11.7 Å². The fourth-order valence-corrected chi connectivity index (χ4v) is 4.15. The van der Waals surface area contributed by atoms with Crippen LogP contribution in [-0.4, -0.2) is 48.3 Å². The Morgan fingerprint density at radius 1 is 1.06 bits per heavy atom. The Bertz CT molecular complexity index is 1120. The van der Waals surface area contributed by atoms with Gasteiger partial charge in [0.15, 0.2) is 11.5 Å². The quantitative estimate of drug-likeness (QED) is 0.541. The molecule has 0 radical (unpaired) electrons. The van der Waals surface area contributed by atoms with Gasteiger partial charge in [-0.1, -0.05) is 38.1 Å². The zero-order valence-corrected chi connectivity index (χ0v) is 19.9. The highest BCUT2D eigenvalue weighted by atomic mass is 16.5. The Labute approximate surface area is 194 Å².